The van der Waals surface area contributed by atoms with Crippen LogP contribution < -0.4 is 0 Å². The summed E-state index contributed by atoms with van der Waals surface area (Å²) in [7, 11) is 0. The first kappa shape index (κ1) is 29.4. The van der Waals surface area contributed by atoms with Gasteiger partial charge in [0, 0.05) is 11.3 Å². The van der Waals surface area contributed by atoms with E-state index in [1.807, 2.05) is 13.0 Å². The molecule has 0 heterocycles. The van der Waals surface area contributed by atoms with E-state index in [0.717, 1.165) is 44.6 Å². The molecule has 2 N–H and O–H groups in total. The number of aliphatic hydroxyl groups excluding tert-OH is 1. The Labute approximate surface area is 240 Å². The number of carboxylic acid groups (broad SMARTS) is 1. The van der Waals surface area contributed by atoms with Gasteiger partial charge in [0.2, 0.25) is 0 Å². The van der Waals surface area contributed by atoms with E-state index in [1.54, 1.807) is 0 Å². The fourth-order valence-electron chi connectivity index (χ4n) is 10.9. The minimum Gasteiger partial charge on any atom is -0.512 e. The number of hydrogen-bond acceptors (Lipinski definition) is 5. The molecule has 3 unspecified atom stereocenters. The van der Waals surface area contributed by atoms with Crippen LogP contribution in [0.4, 0.5) is 0 Å². The van der Waals surface area contributed by atoms with Crippen LogP contribution in [0.25, 0.3) is 0 Å². The SMILES string of the molecule is C/C(O)=C\C(=O)O[C@H]1CC[C@@]2(C)C(CC[C@]3(C)C2C(=O)C=C2[C@@H]4C[C@@](C)(C(=O)O)CC[C@]4(C)CCC23C)C1(C)C. The average Bonchev–Trinajstić information content (AvgIpc) is 2.82. The number of ketones is 1. The fourth-order valence-corrected chi connectivity index (χ4v) is 10.9. The molecule has 0 aromatic rings. The minimum atomic E-state index is -0.753. The van der Waals surface area contributed by atoms with Crippen LogP contribution in [0, 0.1) is 50.2 Å². The Hall–Kier alpha value is -2.11. The van der Waals surface area contributed by atoms with Crippen molar-refractivity contribution >= 4 is 17.7 Å². The Morgan fingerprint density at radius 1 is 0.925 bits per heavy atom. The lowest BCUT2D eigenvalue weighted by atomic mass is 9.33. The van der Waals surface area contributed by atoms with Crippen LogP contribution in [0.5, 0.6) is 0 Å². The van der Waals surface area contributed by atoms with Gasteiger partial charge in [-0.15, -0.1) is 0 Å². The Morgan fingerprint density at radius 3 is 2.20 bits per heavy atom. The summed E-state index contributed by atoms with van der Waals surface area (Å²) in [4.78, 5) is 39.2. The molecule has 5 aliphatic rings. The number of aliphatic hydroxyl groups is 1. The summed E-state index contributed by atoms with van der Waals surface area (Å²) in [6, 6.07) is 0. The lowest BCUT2D eigenvalue weighted by Crippen LogP contribution is -2.66. The monoisotopic (exact) mass is 554 g/mol. The van der Waals surface area contributed by atoms with Gasteiger partial charge in [0.15, 0.2) is 5.78 Å². The first-order valence-electron chi connectivity index (χ1n) is 15.4. The molecule has 222 valence electrons. The topological polar surface area (TPSA) is 101 Å². The van der Waals surface area contributed by atoms with Crippen LogP contribution in [-0.2, 0) is 19.1 Å². The largest absolute Gasteiger partial charge is 0.512 e. The van der Waals surface area contributed by atoms with Gasteiger partial charge < -0.3 is 14.9 Å². The Kier molecular flexibility index (Phi) is 6.57. The molecule has 0 spiro atoms. The van der Waals surface area contributed by atoms with Crippen molar-refractivity contribution in [3.05, 3.63) is 23.5 Å². The highest BCUT2D eigenvalue weighted by molar-refractivity contribution is 5.95. The first-order chi connectivity index (χ1) is 18.3. The van der Waals surface area contributed by atoms with Gasteiger partial charge >= 0.3 is 11.9 Å². The van der Waals surface area contributed by atoms with Crippen molar-refractivity contribution in [2.24, 2.45) is 50.2 Å². The van der Waals surface area contributed by atoms with E-state index >= 15 is 0 Å². The smallest absolute Gasteiger partial charge is 0.334 e. The summed E-state index contributed by atoms with van der Waals surface area (Å²) in [5.74, 6) is -0.868. The van der Waals surface area contributed by atoms with Crippen molar-refractivity contribution in [1.29, 1.82) is 0 Å². The number of carboxylic acids is 1. The van der Waals surface area contributed by atoms with Crippen LogP contribution in [0.3, 0.4) is 0 Å². The molecule has 6 nitrogen and oxygen atoms in total. The summed E-state index contributed by atoms with van der Waals surface area (Å²) >= 11 is 0. The van der Waals surface area contributed by atoms with Gasteiger partial charge in [0.05, 0.1) is 17.3 Å². The lowest BCUT2D eigenvalue weighted by molar-refractivity contribution is -0.209. The maximum Gasteiger partial charge on any atom is 0.334 e. The number of esters is 1. The molecule has 9 atom stereocenters. The first-order valence-corrected chi connectivity index (χ1v) is 15.4. The van der Waals surface area contributed by atoms with E-state index in [0.29, 0.717) is 19.3 Å². The standard InChI is InChI=1S/C34H50O6/c1-20(35)17-26(37)40-25-10-11-32(6)24(29(25,2)3)9-12-34(8)27(32)23(36)18-21-22-19-31(5,28(38)39)14-13-30(22,4)15-16-33(21,34)7/h17-18,22,24-25,27,35H,9-16,19H2,1-8H3,(H,38,39)/b20-17+/t22-,24?,25-,27?,30+,31-,32-,33?,34+/m0/s1. The van der Waals surface area contributed by atoms with Crippen LogP contribution in [0.2, 0.25) is 0 Å². The highest BCUT2D eigenvalue weighted by Crippen LogP contribution is 2.75. The summed E-state index contributed by atoms with van der Waals surface area (Å²) < 4.78 is 5.89. The molecule has 0 radical (unpaired) electrons. The third-order valence-electron chi connectivity index (χ3n) is 13.6. The molecule has 0 saturated heterocycles. The Balaban J connectivity index is 1.53. The summed E-state index contributed by atoms with van der Waals surface area (Å²) in [5, 5.41) is 19.7. The number of rotatable bonds is 3. The minimum absolute atomic E-state index is 0.0379. The van der Waals surface area contributed by atoms with Crippen molar-refractivity contribution in [3.8, 4) is 0 Å². The zero-order valence-corrected chi connectivity index (χ0v) is 25.9. The molecule has 5 aliphatic carbocycles. The summed E-state index contributed by atoms with van der Waals surface area (Å²) in [6.45, 7) is 17.1. The van der Waals surface area contributed by atoms with Gasteiger partial charge in [-0.1, -0.05) is 47.1 Å². The number of ether oxygens (including phenoxy) is 1. The van der Waals surface area contributed by atoms with Crippen molar-refractivity contribution in [2.75, 3.05) is 0 Å². The van der Waals surface area contributed by atoms with Gasteiger partial charge in [0.25, 0.3) is 0 Å². The molecule has 4 fully saturated rings. The second kappa shape index (κ2) is 8.94. The lowest BCUT2D eigenvalue weighted by Gasteiger charge is -2.70. The van der Waals surface area contributed by atoms with E-state index in [1.165, 1.54) is 12.5 Å². The highest BCUT2D eigenvalue weighted by Gasteiger charge is 2.70. The second-order valence-corrected chi connectivity index (χ2v) is 16.1. The van der Waals surface area contributed by atoms with E-state index in [-0.39, 0.29) is 62.5 Å². The Morgan fingerprint density at radius 2 is 1.57 bits per heavy atom. The van der Waals surface area contributed by atoms with Crippen LogP contribution in [0.1, 0.15) is 113 Å². The number of hydrogen-bond donors (Lipinski definition) is 2. The number of allylic oxidation sites excluding steroid dienone is 3. The maximum absolute atomic E-state index is 14.4. The predicted molar refractivity (Wildman–Crippen MR) is 153 cm³/mol. The molecule has 0 amide bonds. The molecular weight excluding hydrogens is 504 g/mol. The van der Waals surface area contributed by atoms with E-state index in [9.17, 15) is 24.6 Å². The number of aliphatic carboxylic acids is 1. The third kappa shape index (κ3) is 3.90. The van der Waals surface area contributed by atoms with E-state index < -0.39 is 17.4 Å². The number of carbonyl (C=O) groups excluding carboxylic acids is 2. The molecule has 0 bridgehead atoms. The highest BCUT2D eigenvalue weighted by atomic mass is 16.5. The quantitative estimate of drug-likeness (QED) is 0.214. The van der Waals surface area contributed by atoms with Gasteiger partial charge in [0.1, 0.15) is 6.10 Å². The van der Waals surface area contributed by atoms with Crippen LogP contribution >= 0.6 is 0 Å². The van der Waals surface area contributed by atoms with Crippen LogP contribution in [0.15, 0.2) is 23.5 Å². The summed E-state index contributed by atoms with van der Waals surface area (Å²) in [5.41, 5.74) is -0.400. The van der Waals surface area contributed by atoms with Crippen molar-refractivity contribution in [3.63, 3.8) is 0 Å². The summed E-state index contributed by atoms with van der Waals surface area (Å²) in [6.07, 6.45) is 10.5. The molecular formula is C34H50O6. The molecule has 40 heavy (non-hydrogen) atoms. The van der Waals surface area contributed by atoms with E-state index in [4.69, 9.17) is 4.74 Å². The van der Waals surface area contributed by atoms with Crippen molar-refractivity contribution < 1.29 is 29.3 Å². The van der Waals surface area contributed by atoms with Crippen molar-refractivity contribution in [1.82, 2.24) is 0 Å². The predicted octanol–water partition coefficient (Wildman–Crippen LogP) is 7.43. The van der Waals surface area contributed by atoms with Gasteiger partial charge in [-0.25, -0.2) is 4.79 Å². The van der Waals surface area contributed by atoms with Gasteiger partial charge in [-0.05, 0) is 111 Å². The zero-order valence-electron chi connectivity index (χ0n) is 25.9. The average molecular weight is 555 g/mol. The van der Waals surface area contributed by atoms with E-state index in [2.05, 4.69) is 41.5 Å². The Bertz CT molecular complexity index is 1190. The second-order valence-electron chi connectivity index (χ2n) is 16.1. The maximum atomic E-state index is 14.4. The molecule has 4 saturated carbocycles. The molecule has 5 rings (SSSR count). The number of fused-ring (bicyclic) bond motifs is 7. The van der Waals surface area contributed by atoms with Gasteiger partial charge in [-0.2, -0.15) is 0 Å². The fraction of sp³-hybridized carbons (Fsp3) is 0.794. The molecule has 0 aliphatic heterocycles. The third-order valence-corrected chi connectivity index (χ3v) is 13.6. The molecule has 6 heteroatoms. The zero-order chi connectivity index (χ0) is 29.7. The van der Waals surface area contributed by atoms with Gasteiger partial charge in [-0.3, -0.25) is 9.59 Å². The molecule has 0 aromatic heterocycles. The molecule has 0 aromatic carbocycles. The van der Waals surface area contributed by atoms with Crippen molar-refractivity contribution in [2.45, 2.75) is 119 Å². The number of carbonyl (C=O) groups is 3. The normalized spacial score (nSPS) is 48.0. The van der Waals surface area contributed by atoms with Crippen LogP contribution in [-0.4, -0.2) is 34.0 Å².